The first-order valence-corrected chi connectivity index (χ1v) is 28.9. The first-order valence-electron chi connectivity index (χ1n) is 28.9. The van der Waals surface area contributed by atoms with Crippen molar-refractivity contribution < 1.29 is 28.6 Å². The Kier molecular flexibility index (Phi) is 53.8. The summed E-state index contributed by atoms with van der Waals surface area (Å²) in [6.45, 7) is 6.51. The largest absolute Gasteiger partial charge is 0.462 e. The minimum Gasteiger partial charge on any atom is -0.462 e. The number of esters is 3. The van der Waals surface area contributed by atoms with Crippen LogP contribution in [-0.2, 0) is 28.6 Å². The summed E-state index contributed by atoms with van der Waals surface area (Å²) in [5.41, 5.74) is 0. The molecule has 0 radical (unpaired) electrons. The number of unbranched alkanes of at least 4 members (excludes halogenated alkanes) is 29. The summed E-state index contributed by atoms with van der Waals surface area (Å²) in [6, 6.07) is 0. The lowest BCUT2D eigenvalue weighted by atomic mass is 10.0. The van der Waals surface area contributed by atoms with Gasteiger partial charge in [-0.1, -0.05) is 248 Å². The van der Waals surface area contributed by atoms with Crippen molar-refractivity contribution in [2.45, 2.75) is 290 Å². The monoisotopic (exact) mass is 949 g/mol. The van der Waals surface area contributed by atoms with Crippen LogP contribution in [0.2, 0.25) is 0 Å². The fraction of sp³-hybridized carbons (Fsp3) is 0.758. The smallest absolute Gasteiger partial charge is 0.306 e. The number of ether oxygens (including phenoxy) is 3. The highest BCUT2D eigenvalue weighted by atomic mass is 16.6. The van der Waals surface area contributed by atoms with Gasteiger partial charge in [-0.15, -0.1) is 0 Å². The van der Waals surface area contributed by atoms with E-state index in [2.05, 4.69) is 93.7 Å². The Labute approximate surface area is 421 Å². The van der Waals surface area contributed by atoms with Crippen molar-refractivity contribution in [3.8, 4) is 0 Å². The van der Waals surface area contributed by atoms with Crippen LogP contribution in [-0.4, -0.2) is 37.2 Å². The molecule has 0 aromatic rings. The molecule has 0 fully saturated rings. The van der Waals surface area contributed by atoms with E-state index in [0.29, 0.717) is 19.3 Å². The molecule has 0 aromatic carbocycles. The van der Waals surface area contributed by atoms with Crippen LogP contribution in [0.4, 0.5) is 0 Å². The van der Waals surface area contributed by atoms with Crippen molar-refractivity contribution in [1.29, 1.82) is 0 Å². The Bertz CT molecular complexity index is 1270. The molecular weight excluding hydrogens is 841 g/mol. The number of hydrogen-bond acceptors (Lipinski definition) is 6. The molecule has 0 aliphatic heterocycles. The second-order valence-corrected chi connectivity index (χ2v) is 19.2. The Hall–Kier alpha value is -3.15. The lowest BCUT2D eigenvalue weighted by Crippen LogP contribution is -2.30. The van der Waals surface area contributed by atoms with Gasteiger partial charge in [0.25, 0.3) is 0 Å². The summed E-state index contributed by atoms with van der Waals surface area (Å²) in [4.78, 5) is 38.2. The maximum atomic E-state index is 12.9. The van der Waals surface area contributed by atoms with Crippen LogP contribution in [0.1, 0.15) is 284 Å². The zero-order valence-electron chi connectivity index (χ0n) is 44.9. The van der Waals surface area contributed by atoms with Gasteiger partial charge in [0.2, 0.25) is 0 Å². The van der Waals surface area contributed by atoms with E-state index in [-0.39, 0.29) is 31.1 Å². The molecule has 0 bridgehead atoms. The molecule has 0 amide bonds. The Balaban J connectivity index is 4.43. The topological polar surface area (TPSA) is 78.9 Å². The van der Waals surface area contributed by atoms with E-state index in [1.54, 1.807) is 0 Å². The molecule has 68 heavy (non-hydrogen) atoms. The predicted octanol–water partition coefficient (Wildman–Crippen LogP) is 19.4. The van der Waals surface area contributed by atoms with Crippen LogP contribution < -0.4 is 0 Å². The van der Waals surface area contributed by atoms with Crippen LogP contribution in [0.25, 0.3) is 0 Å². The minimum absolute atomic E-state index is 0.0882. The summed E-state index contributed by atoms with van der Waals surface area (Å²) in [6.07, 6.45) is 71.7. The van der Waals surface area contributed by atoms with Gasteiger partial charge in [0.1, 0.15) is 13.2 Å². The highest BCUT2D eigenvalue weighted by molar-refractivity contribution is 5.71. The zero-order chi connectivity index (χ0) is 49.3. The fourth-order valence-electron chi connectivity index (χ4n) is 8.11. The van der Waals surface area contributed by atoms with Gasteiger partial charge in [-0.05, 0) is 89.9 Å². The van der Waals surface area contributed by atoms with Crippen molar-refractivity contribution in [2.75, 3.05) is 13.2 Å². The average molecular weight is 950 g/mol. The summed E-state index contributed by atoms with van der Waals surface area (Å²) < 4.78 is 16.8. The molecule has 6 heteroatoms. The van der Waals surface area contributed by atoms with Crippen molar-refractivity contribution >= 4 is 17.9 Å². The molecule has 0 aromatic heterocycles. The number of carbonyl (C=O) groups is 3. The molecular formula is C62H108O6. The first kappa shape index (κ1) is 64.8. The van der Waals surface area contributed by atoms with Gasteiger partial charge in [-0.2, -0.15) is 0 Å². The van der Waals surface area contributed by atoms with Gasteiger partial charge in [0.15, 0.2) is 6.10 Å². The number of hydrogen-bond donors (Lipinski definition) is 0. The summed E-state index contributed by atoms with van der Waals surface area (Å²) in [5.74, 6) is -0.918. The van der Waals surface area contributed by atoms with Gasteiger partial charge in [-0.25, -0.2) is 0 Å². The van der Waals surface area contributed by atoms with Crippen LogP contribution in [0.15, 0.2) is 72.9 Å². The Morgan fingerprint density at radius 1 is 0.309 bits per heavy atom. The van der Waals surface area contributed by atoms with E-state index in [0.717, 1.165) is 103 Å². The zero-order valence-corrected chi connectivity index (χ0v) is 44.9. The van der Waals surface area contributed by atoms with E-state index in [1.165, 1.54) is 141 Å². The van der Waals surface area contributed by atoms with Crippen molar-refractivity contribution in [3.05, 3.63) is 72.9 Å². The molecule has 392 valence electrons. The maximum Gasteiger partial charge on any atom is 0.306 e. The summed E-state index contributed by atoms with van der Waals surface area (Å²) in [5, 5.41) is 0. The van der Waals surface area contributed by atoms with E-state index in [1.807, 2.05) is 0 Å². The molecule has 0 saturated carbocycles. The van der Waals surface area contributed by atoms with Crippen LogP contribution >= 0.6 is 0 Å². The van der Waals surface area contributed by atoms with Crippen LogP contribution in [0.5, 0.6) is 0 Å². The standard InChI is InChI=1S/C62H108O6/c1-4-7-10-13-16-19-22-25-28-30-31-33-34-37-40-43-46-49-52-55-61(64)67-58-59(57-66-60(63)54-51-48-45-42-39-36-27-24-21-18-15-12-9-6-3)68-62(65)56-53-50-47-44-41-38-35-32-29-26-23-20-17-14-11-8-5-2/h7,10,16,19,24-25,27-28,31,33,37,40,59H,4-6,8-9,11-15,17-18,20-23,26,29-30,32,34-36,38-39,41-58H2,1-3H3/b10-7-,19-16-,27-24-,28-25-,33-31-,40-37-/t59-/m1/s1. The Morgan fingerprint density at radius 2 is 0.574 bits per heavy atom. The van der Waals surface area contributed by atoms with Gasteiger partial charge in [0, 0.05) is 19.3 Å². The number of carbonyl (C=O) groups excluding carboxylic acids is 3. The molecule has 0 saturated heterocycles. The fourth-order valence-corrected chi connectivity index (χ4v) is 8.11. The third-order valence-corrected chi connectivity index (χ3v) is 12.4. The third kappa shape index (κ3) is 53.8. The first-order chi connectivity index (χ1) is 33.5. The molecule has 0 aliphatic rings. The van der Waals surface area contributed by atoms with Crippen molar-refractivity contribution in [2.24, 2.45) is 0 Å². The third-order valence-electron chi connectivity index (χ3n) is 12.4. The lowest BCUT2D eigenvalue weighted by molar-refractivity contribution is -0.167. The highest BCUT2D eigenvalue weighted by Gasteiger charge is 2.19. The molecule has 0 spiro atoms. The normalized spacial score (nSPS) is 12.6. The van der Waals surface area contributed by atoms with Crippen molar-refractivity contribution in [1.82, 2.24) is 0 Å². The van der Waals surface area contributed by atoms with Gasteiger partial charge >= 0.3 is 17.9 Å². The lowest BCUT2D eigenvalue weighted by Gasteiger charge is -2.18. The van der Waals surface area contributed by atoms with Gasteiger partial charge in [-0.3, -0.25) is 14.4 Å². The van der Waals surface area contributed by atoms with Gasteiger partial charge in [0.05, 0.1) is 0 Å². The SMILES string of the molecule is CC/C=C\C/C=C\C/C=C\C/C=C\C/C=C\CCCCCC(=O)OC[C@@H](COC(=O)CCCCCCC/C=C\CCCCCCC)OC(=O)CCCCCCCCCCCCCCCCCCC. The van der Waals surface area contributed by atoms with Crippen molar-refractivity contribution in [3.63, 3.8) is 0 Å². The molecule has 6 nitrogen and oxygen atoms in total. The number of rotatable bonds is 52. The predicted molar refractivity (Wildman–Crippen MR) is 293 cm³/mol. The quantitative estimate of drug-likeness (QED) is 0.0262. The second-order valence-electron chi connectivity index (χ2n) is 19.2. The highest BCUT2D eigenvalue weighted by Crippen LogP contribution is 2.16. The number of allylic oxidation sites excluding steroid dienone is 12. The maximum absolute atomic E-state index is 12.9. The van der Waals surface area contributed by atoms with Crippen LogP contribution in [0.3, 0.4) is 0 Å². The molecule has 1 atom stereocenters. The van der Waals surface area contributed by atoms with E-state index in [4.69, 9.17) is 14.2 Å². The molecule has 0 rings (SSSR count). The average Bonchev–Trinajstić information content (AvgIpc) is 3.34. The van der Waals surface area contributed by atoms with E-state index in [9.17, 15) is 14.4 Å². The molecule has 0 aliphatic carbocycles. The van der Waals surface area contributed by atoms with Gasteiger partial charge < -0.3 is 14.2 Å². The van der Waals surface area contributed by atoms with E-state index >= 15 is 0 Å². The minimum atomic E-state index is -0.791. The van der Waals surface area contributed by atoms with E-state index < -0.39 is 6.10 Å². The molecule has 0 N–H and O–H groups in total. The second kappa shape index (κ2) is 56.4. The van der Waals surface area contributed by atoms with Crippen LogP contribution in [0, 0.1) is 0 Å². The molecule has 0 unspecified atom stereocenters. The molecule has 0 heterocycles. The summed E-state index contributed by atoms with van der Waals surface area (Å²) in [7, 11) is 0. The Morgan fingerprint density at radius 3 is 0.926 bits per heavy atom. The summed E-state index contributed by atoms with van der Waals surface area (Å²) >= 11 is 0.